The van der Waals surface area contributed by atoms with E-state index in [-0.39, 0.29) is 12.1 Å². The van der Waals surface area contributed by atoms with E-state index in [1.165, 1.54) is 9.25 Å². The first-order valence-electron chi connectivity index (χ1n) is 5.56. The molecule has 2 aliphatic heterocycles. The number of hydrogen-bond acceptors (Lipinski definition) is 6. The van der Waals surface area contributed by atoms with Crippen molar-refractivity contribution in [1.82, 2.24) is 24.5 Å². The van der Waals surface area contributed by atoms with Crippen molar-refractivity contribution in [3.8, 4) is 0 Å². The van der Waals surface area contributed by atoms with Crippen LogP contribution in [0.25, 0.3) is 11.2 Å². The molecule has 0 spiro atoms. The Morgan fingerprint density at radius 1 is 1.44 bits per heavy atom. The summed E-state index contributed by atoms with van der Waals surface area (Å²) in [7, 11) is 0. The minimum atomic E-state index is -0.652. The summed E-state index contributed by atoms with van der Waals surface area (Å²) in [5, 5.41) is 17.4. The average Bonchev–Trinajstić information content (AvgIpc) is 2.81. The number of nitrogens with one attached hydrogen (secondary N) is 1. The number of hydrogen-bond donors (Lipinski definition) is 2. The lowest BCUT2D eigenvalue weighted by atomic mass is 10.1. The molecule has 3 atom stereocenters. The predicted octanol–water partition coefficient (Wildman–Crippen LogP) is -2.06. The van der Waals surface area contributed by atoms with E-state index in [1.807, 2.05) is 0 Å². The van der Waals surface area contributed by atoms with Crippen molar-refractivity contribution >= 4 is 11.2 Å². The summed E-state index contributed by atoms with van der Waals surface area (Å²) in [6.07, 6.45) is -1.36. The van der Waals surface area contributed by atoms with Crippen LogP contribution in [0.5, 0.6) is 0 Å². The lowest BCUT2D eigenvalue weighted by Gasteiger charge is -2.13. The van der Waals surface area contributed by atoms with Crippen molar-refractivity contribution in [2.75, 3.05) is 0 Å². The zero-order valence-corrected chi connectivity index (χ0v) is 9.11. The van der Waals surface area contributed by atoms with E-state index in [0.717, 1.165) is 0 Å². The van der Waals surface area contributed by atoms with Crippen molar-refractivity contribution in [2.45, 2.75) is 31.4 Å². The van der Waals surface area contributed by atoms with Crippen LogP contribution >= 0.6 is 0 Å². The minimum Gasteiger partial charge on any atom is -0.390 e. The zero-order chi connectivity index (χ0) is 12.4. The lowest BCUT2D eigenvalue weighted by Crippen LogP contribution is -2.33. The van der Waals surface area contributed by atoms with Gasteiger partial charge in [0.1, 0.15) is 12.3 Å². The predicted molar refractivity (Wildman–Crippen MR) is 56.9 cm³/mol. The highest BCUT2D eigenvalue weighted by Gasteiger charge is 2.40. The van der Waals surface area contributed by atoms with Gasteiger partial charge in [0.25, 0.3) is 5.56 Å². The third kappa shape index (κ3) is 1.07. The highest BCUT2D eigenvalue weighted by Crippen LogP contribution is 2.32. The largest absolute Gasteiger partial charge is 0.390 e. The Hall–Kier alpha value is -2.00. The van der Waals surface area contributed by atoms with E-state index < -0.39 is 29.7 Å². The second-order valence-electron chi connectivity index (χ2n) is 4.51. The fourth-order valence-electron chi connectivity index (χ4n) is 2.60. The Bertz CT molecular complexity index is 758. The van der Waals surface area contributed by atoms with E-state index in [0.29, 0.717) is 12.1 Å². The fourth-order valence-corrected chi connectivity index (χ4v) is 2.60. The van der Waals surface area contributed by atoms with Crippen LogP contribution in [0.15, 0.2) is 9.59 Å². The summed E-state index contributed by atoms with van der Waals surface area (Å²) < 4.78 is 8.32. The Morgan fingerprint density at radius 3 is 3.11 bits per heavy atom. The van der Waals surface area contributed by atoms with Crippen molar-refractivity contribution in [1.29, 1.82) is 0 Å². The number of aliphatic hydroxyl groups is 1. The van der Waals surface area contributed by atoms with Crippen molar-refractivity contribution in [2.24, 2.45) is 0 Å². The molecule has 0 aromatic carbocycles. The number of rotatable bonds is 0. The maximum atomic E-state index is 11.9. The first-order valence-corrected chi connectivity index (χ1v) is 5.56. The molecule has 18 heavy (non-hydrogen) atoms. The van der Waals surface area contributed by atoms with Crippen LogP contribution in [0.4, 0.5) is 0 Å². The van der Waals surface area contributed by atoms with E-state index in [2.05, 4.69) is 15.3 Å². The molecule has 4 heterocycles. The van der Waals surface area contributed by atoms with E-state index in [1.54, 1.807) is 0 Å². The number of aromatic nitrogens is 5. The molecule has 2 aromatic rings. The Balaban J connectivity index is 2.15. The van der Waals surface area contributed by atoms with Crippen LogP contribution in [0.3, 0.4) is 0 Å². The molecule has 1 fully saturated rings. The monoisotopic (exact) mass is 251 g/mol. The van der Waals surface area contributed by atoms with Gasteiger partial charge in [0.15, 0.2) is 11.2 Å². The van der Waals surface area contributed by atoms with Gasteiger partial charge in [0.05, 0.1) is 12.6 Å². The number of nitrogens with zero attached hydrogens (tertiary/aromatic N) is 4. The van der Waals surface area contributed by atoms with Gasteiger partial charge in [-0.3, -0.25) is 9.78 Å². The zero-order valence-electron chi connectivity index (χ0n) is 9.11. The second-order valence-corrected chi connectivity index (χ2v) is 4.51. The van der Waals surface area contributed by atoms with Gasteiger partial charge in [-0.2, -0.15) is 0 Å². The van der Waals surface area contributed by atoms with E-state index >= 15 is 0 Å². The summed E-state index contributed by atoms with van der Waals surface area (Å²) in [5.41, 5.74) is -0.671. The quantitative estimate of drug-likeness (QED) is 0.556. The smallest absolute Gasteiger partial charge is 0.332 e. The van der Waals surface area contributed by atoms with Crippen LogP contribution in [0, 0.1) is 0 Å². The first kappa shape index (κ1) is 9.97. The van der Waals surface area contributed by atoms with Gasteiger partial charge in [-0.15, -0.1) is 5.10 Å². The molecule has 2 aliphatic rings. The number of aliphatic hydroxyl groups excluding tert-OH is 1. The normalized spacial score (nSPS) is 29.7. The van der Waals surface area contributed by atoms with Crippen molar-refractivity contribution < 1.29 is 9.84 Å². The summed E-state index contributed by atoms with van der Waals surface area (Å²) in [5.74, 6) is 0. The Labute approximate surface area is 98.6 Å². The molecule has 0 aliphatic carbocycles. The van der Waals surface area contributed by atoms with E-state index in [9.17, 15) is 14.7 Å². The summed E-state index contributed by atoms with van der Waals surface area (Å²) >= 11 is 0. The Morgan fingerprint density at radius 2 is 2.28 bits per heavy atom. The molecule has 0 unspecified atom stereocenters. The number of ether oxygens (including phenoxy) is 1. The molecule has 1 saturated heterocycles. The highest BCUT2D eigenvalue weighted by molar-refractivity contribution is 5.68. The minimum absolute atomic E-state index is 0.111. The fraction of sp³-hybridized carbons (Fsp3) is 0.556. The maximum absolute atomic E-state index is 11.9. The van der Waals surface area contributed by atoms with Gasteiger partial charge in [-0.25, -0.2) is 14.0 Å². The standard InChI is InChI=1S/C9H9N5O4/c15-3-1-5-14-8-6(7(16)10-9(14)17)11-12-13(8)2-4(3)18-5/h3-5,15H,1-2H2,(H,10,16,17)/t3-,4+,5+/m0/s1. The number of fused-ring (bicyclic) bond motifs is 3. The summed E-state index contributed by atoms with van der Waals surface area (Å²) in [6, 6.07) is 0. The van der Waals surface area contributed by atoms with Gasteiger partial charge >= 0.3 is 5.69 Å². The molecule has 9 nitrogen and oxygen atoms in total. The van der Waals surface area contributed by atoms with Crippen LogP contribution in [0.2, 0.25) is 0 Å². The summed E-state index contributed by atoms with van der Waals surface area (Å²) in [6.45, 7) is 0.275. The van der Waals surface area contributed by atoms with Gasteiger partial charge in [-0.05, 0) is 0 Å². The molecule has 2 aromatic heterocycles. The topological polar surface area (TPSA) is 115 Å². The lowest BCUT2D eigenvalue weighted by molar-refractivity contribution is -0.0206. The van der Waals surface area contributed by atoms with Gasteiger partial charge in [0, 0.05) is 6.42 Å². The highest BCUT2D eigenvalue weighted by atomic mass is 16.5. The van der Waals surface area contributed by atoms with Crippen LogP contribution < -0.4 is 11.2 Å². The van der Waals surface area contributed by atoms with Gasteiger partial charge < -0.3 is 9.84 Å². The molecule has 94 valence electrons. The SMILES string of the molecule is O=c1[nH]c(=O)n2c3c1nnn3C[C@H]1O[C@@H]2C[C@@H]1O. The van der Waals surface area contributed by atoms with Gasteiger partial charge in [-0.1, -0.05) is 5.21 Å². The molecular formula is C9H9N5O4. The van der Waals surface area contributed by atoms with Crippen LogP contribution in [-0.2, 0) is 11.3 Å². The third-order valence-electron chi connectivity index (χ3n) is 3.44. The average molecular weight is 251 g/mol. The molecule has 9 heteroatoms. The second kappa shape index (κ2) is 3.06. The van der Waals surface area contributed by atoms with Crippen LogP contribution in [-0.4, -0.2) is 41.9 Å². The van der Waals surface area contributed by atoms with Gasteiger partial charge in [0.2, 0.25) is 0 Å². The summed E-state index contributed by atoms with van der Waals surface area (Å²) in [4.78, 5) is 25.7. The van der Waals surface area contributed by atoms with E-state index in [4.69, 9.17) is 4.74 Å². The van der Waals surface area contributed by atoms with Crippen molar-refractivity contribution in [3.05, 3.63) is 20.8 Å². The number of aromatic amines is 1. The third-order valence-corrected chi connectivity index (χ3v) is 3.44. The molecule has 2 N–H and O–H groups in total. The maximum Gasteiger partial charge on any atom is 0.332 e. The molecule has 0 saturated carbocycles. The first-order chi connectivity index (χ1) is 8.65. The molecule has 0 radical (unpaired) electrons. The molecular weight excluding hydrogens is 242 g/mol. The molecule has 2 bridgehead atoms. The molecule has 4 rings (SSSR count). The number of H-pyrrole nitrogens is 1. The Kier molecular flexibility index (Phi) is 1.69. The molecule has 0 amide bonds. The van der Waals surface area contributed by atoms with Crippen molar-refractivity contribution in [3.63, 3.8) is 0 Å². The van der Waals surface area contributed by atoms with Crippen LogP contribution in [0.1, 0.15) is 12.6 Å².